The summed E-state index contributed by atoms with van der Waals surface area (Å²) in [6.45, 7) is 9.78. The molecule has 0 aromatic rings. The Labute approximate surface area is 90.0 Å². The molecule has 3 heteroatoms. The molecule has 0 aliphatic rings. The topological polar surface area (TPSA) is 30.5 Å². The molecule has 0 spiro atoms. The second-order valence-corrected chi connectivity index (χ2v) is 2.31. The zero-order valence-corrected chi connectivity index (χ0v) is 10.0. The summed E-state index contributed by atoms with van der Waals surface area (Å²) in [4.78, 5) is 0. The zero-order chi connectivity index (χ0) is 11.1. The summed E-state index contributed by atoms with van der Waals surface area (Å²) in [6.07, 6.45) is 3.95. The summed E-state index contributed by atoms with van der Waals surface area (Å²) < 4.78 is 10.4. The first-order valence-electron chi connectivity index (χ1n) is 5.37. The van der Waals surface area contributed by atoms with Crippen LogP contribution >= 0.6 is 0 Å². The molecule has 0 saturated carbocycles. The number of hydrogen-bond acceptors (Lipinski definition) is 3. The van der Waals surface area contributed by atoms with Crippen molar-refractivity contribution in [1.82, 2.24) is 5.32 Å². The van der Waals surface area contributed by atoms with Gasteiger partial charge in [0.1, 0.15) is 0 Å². The highest BCUT2D eigenvalue weighted by Gasteiger charge is 1.81. The van der Waals surface area contributed by atoms with Crippen molar-refractivity contribution in [2.75, 3.05) is 40.0 Å². The molecule has 0 aromatic heterocycles. The van der Waals surface area contributed by atoms with Crippen LogP contribution in [-0.2, 0) is 9.47 Å². The van der Waals surface area contributed by atoms with Gasteiger partial charge in [-0.05, 0) is 14.0 Å². The molecule has 0 heterocycles. The minimum atomic E-state index is 0. The number of ether oxygens (including phenoxy) is 2. The molecule has 0 aliphatic carbocycles. The van der Waals surface area contributed by atoms with E-state index in [9.17, 15) is 0 Å². The Balaban J connectivity index is -0.000000449. The Kier molecular flexibility index (Phi) is 21.1. The highest BCUT2D eigenvalue weighted by Crippen LogP contribution is 1.79. The molecule has 0 aromatic carbocycles. The van der Waals surface area contributed by atoms with Crippen molar-refractivity contribution in [2.24, 2.45) is 0 Å². The second kappa shape index (κ2) is 18.4. The molecule has 0 unspecified atom stereocenters. The predicted molar refractivity (Wildman–Crippen MR) is 63.8 cm³/mol. The van der Waals surface area contributed by atoms with Gasteiger partial charge >= 0.3 is 0 Å². The fraction of sp³-hybridized carbons (Fsp3) is 0.818. The standard InChI is InChI=1S/C9H19NO2.C2H6.H2/c1-3-11-7-4-5-8-12-9-6-10-2;1-2;/h4-5,10H,3,6-9H2,1-2H3;1-2H3;1H/b5-4-;;. The van der Waals surface area contributed by atoms with E-state index >= 15 is 0 Å². The lowest BCUT2D eigenvalue weighted by Gasteiger charge is -1.98. The first kappa shape index (κ1) is 16.1. The van der Waals surface area contributed by atoms with Crippen molar-refractivity contribution in [3.05, 3.63) is 12.2 Å². The Morgan fingerprint density at radius 2 is 1.71 bits per heavy atom. The molecule has 0 saturated heterocycles. The third-order valence-electron chi connectivity index (χ3n) is 1.30. The van der Waals surface area contributed by atoms with Crippen LogP contribution in [0.2, 0.25) is 0 Å². The van der Waals surface area contributed by atoms with Gasteiger partial charge in [0.15, 0.2) is 0 Å². The Hall–Kier alpha value is -0.380. The van der Waals surface area contributed by atoms with Gasteiger partial charge in [0.2, 0.25) is 0 Å². The van der Waals surface area contributed by atoms with E-state index in [1.165, 1.54) is 0 Å². The van der Waals surface area contributed by atoms with Gasteiger partial charge in [-0.25, -0.2) is 0 Å². The van der Waals surface area contributed by atoms with E-state index in [1.807, 2.05) is 40.0 Å². The zero-order valence-electron chi connectivity index (χ0n) is 10.0. The van der Waals surface area contributed by atoms with Crippen LogP contribution in [0.3, 0.4) is 0 Å². The minimum Gasteiger partial charge on any atom is -0.378 e. The third kappa shape index (κ3) is 17.6. The highest BCUT2D eigenvalue weighted by molar-refractivity contribution is 4.80. The van der Waals surface area contributed by atoms with E-state index in [2.05, 4.69) is 5.32 Å². The van der Waals surface area contributed by atoms with Crippen LogP contribution in [0.25, 0.3) is 0 Å². The monoisotopic (exact) mass is 205 g/mol. The van der Waals surface area contributed by atoms with E-state index in [-0.39, 0.29) is 1.43 Å². The maximum absolute atomic E-state index is 5.25. The van der Waals surface area contributed by atoms with Crippen molar-refractivity contribution < 1.29 is 10.9 Å². The van der Waals surface area contributed by atoms with Gasteiger partial charge in [0.25, 0.3) is 0 Å². The summed E-state index contributed by atoms with van der Waals surface area (Å²) in [5, 5.41) is 3.01. The third-order valence-corrected chi connectivity index (χ3v) is 1.30. The Morgan fingerprint density at radius 1 is 1.14 bits per heavy atom. The predicted octanol–water partition coefficient (Wildman–Crippen LogP) is 2.09. The molecule has 3 nitrogen and oxygen atoms in total. The fourth-order valence-corrected chi connectivity index (χ4v) is 0.648. The molecule has 0 radical (unpaired) electrons. The first-order chi connectivity index (χ1) is 6.91. The van der Waals surface area contributed by atoms with Crippen LogP contribution in [0.5, 0.6) is 0 Å². The molecular formula is C11H27NO2. The summed E-state index contributed by atoms with van der Waals surface area (Å²) >= 11 is 0. The average Bonchev–Trinajstić information content (AvgIpc) is 2.25. The summed E-state index contributed by atoms with van der Waals surface area (Å²) in [7, 11) is 1.91. The Bertz CT molecular complexity index is 111. The molecule has 0 atom stereocenters. The summed E-state index contributed by atoms with van der Waals surface area (Å²) in [5.41, 5.74) is 0. The van der Waals surface area contributed by atoms with E-state index < -0.39 is 0 Å². The molecule has 0 bridgehead atoms. The lowest BCUT2D eigenvalue weighted by Crippen LogP contribution is -2.14. The number of rotatable bonds is 8. The SMILES string of the molecule is CC.CCOC/C=C\COCCNC.[HH]. The van der Waals surface area contributed by atoms with E-state index in [1.54, 1.807) is 0 Å². The molecule has 1 N–H and O–H groups in total. The van der Waals surface area contributed by atoms with Crippen molar-refractivity contribution >= 4 is 0 Å². The maximum atomic E-state index is 5.25. The van der Waals surface area contributed by atoms with Crippen molar-refractivity contribution in [2.45, 2.75) is 20.8 Å². The van der Waals surface area contributed by atoms with Gasteiger partial charge in [0, 0.05) is 14.6 Å². The van der Waals surface area contributed by atoms with Gasteiger partial charge < -0.3 is 14.8 Å². The number of likely N-dealkylation sites (N-methyl/N-ethyl adjacent to an activating group) is 1. The molecule has 14 heavy (non-hydrogen) atoms. The quantitative estimate of drug-likeness (QED) is 0.486. The van der Waals surface area contributed by atoms with Crippen LogP contribution in [0.1, 0.15) is 22.2 Å². The molecule has 0 fully saturated rings. The van der Waals surface area contributed by atoms with Gasteiger partial charge in [-0.3, -0.25) is 0 Å². The maximum Gasteiger partial charge on any atom is 0.0648 e. The molecule has 88 valence electrons. The molecule has 0 aliphatic heterocycles. The van der Waals surface area contributed by atoms with Crippen molar-refractivity contribution in [1.29, 1.82) is 0 Å². The lowest BCUT2D eigenvalue weighted by atomic mass is 10.5. The van der Waals surface area contributed by atoms with Crippen LogP contribution in [0.15, 0.2) is 12.2 Å². The van der Waals surface area contributed by atoms with Crippen LogP contribution < -0.4 is 5.32 Å². The summed E-state index contributed by atoms with van der Waals surface area (Å²) in [6, 6.07) is 0. The van der Waals surface area contributed by atoms with Crippen LogP contribution in [-0.4, -0.2) is 40.0 Å². The van der Waals surface area contributed by atoms with E-state index in [0.717, 1.165) is 19.8 Å². The largest absolute Gasteiger partial charge is 0.378 e. The fourth-order valence-electron chi connectivity index (χ4n) is 0.648. The minimum absolute atomic E-state index is 0. The highest BCUT2D eigenvalue weighted by atomic mass is 16.5. The number of hydrogen-bond donors (Lipinski definition) is 1. The van der Waals surface area contributed by atoms with E-state index in [4.69, 9.17) is 9.47 Å². The van der Waals surface area contributed by atoms with Gasteiger partial charge in [-0.2, -0.15) is 0 Å². The van der Waals surface area contributed by atoms with Crippen LogP contribution in [0, 0.1) is 0 Å². The van der Waals surface area contributed by atoms with Crippen molar-refractivity contribution in [3.63, 3.8) is 0 Å². The van der Waals surface area contributed by atoms with E-state index in [0.29, 0.717) is 13.2 Å². The van der Waals surface area contributed by atoms with Gasteiger partial charge in [0.05, 0.1) is 19.8 Å². The Morgan fingerprint density at radius 3 is 2.21 bits per heavy atom. The van der Waals surface area contributed by atoms with Gasteiger partial charge in [-0.1, -0.05) is 26.0 Å². The van der Waals surface area contributed by atoms with Crippen LogP contribution in [0.4, 0.5) is 0 Å². The normalized spacial score (nSPS) is 10.0. The average molecular weight is 205 g/mol. The summed E-state index contributed by atoms with van der Waals surface area (Å²) in [5.74, 6) is 0. The smallest absolute Gasteiger partial charge is 0.0648 e. The molecule has 0 rings (SSSR count). The molecular weight excluding hydrogens is 178 g/mol. The molecule has 0 amide bonds. The van der Waals surface area contributed by atoms with Crippen molar-refractivity contribution in [3.8, 4) is 0 Å². The lowest BCUT2D eigenvalue weighted by molar-refractivity contribution is 0.161. The second-order valence-electron chi connectivity index (χ2n) is 2.31. The first-order valence-corrected chi connectivity index (χ1v) is 5.37. The number of nitrogens with one attached hydrogen (secondary N) is 1. The van der Waals surface area contributed by atoms with Gasteiger partial charge in [-0.15, -0.1) is 0 Å².